The third-order valence-electron chi connectivity index (χ3n) is 3.92. The highest BCUT2D eigenvalue weighted by atomic mass is 16.6. The van der Waals surface area contributed by atoms with Crippen molar-refractivity contribution in [3.8, 4) is 0 Å². The third-order valence-corrected chi connectivity index (χ3v) is 3.92. The second-order valence-corrected chi connectivity index (χ2v) is 6.68. The molecule has 0 aromatic heterocycles. The van der Waals surface area contributed by atoms with Crippen molar-refractivity contribution in [2.45, 2.75) is 44.8 Å². The Hall–Kier alpha value is -1.50. The fraction of sp³-hybridized carbons (Fsp3) is 0.857. The Kier molecular flexibility index (Phi) is 4.32. The molecule has 0 bridgehead atoms. The second-order valence-electron chi connectivity index (χ2n) is 6.68. The van der Waals surface area contributed by atoms with E-state index in [0.717, 1.165) is 12.8 Å². The summed E-state index contributed by atoms with van der Waals surface area (Å²) >= 11 is 0. The number of rotatable bonds is 2. The molecule has 21 heavy (non-hydrogen) atoms. The van der Waals surface area contributed by atoms with E-state index < -0.39 is 5.60 Å². The molecule has 0 aromatic carbocycles. The first-order valence-corrected chi connectivity index (χ1v) is 7.40. The molecule has 1 unspecified atom stereocenters. The predicted molar refractivity (Wildman–Crippen MR) is 76.9 cm³/mol. The average Bonchev–Trinajstić information content (AvgIpc) is 2.77. The van der Waals surface area contributed by atoms with Gasteiger partial charge in [0.15, 0.2) is 0 Å². The minimum Gasteiger partial charge on any atom is -0.449 e. The van der Waals surface area contributed by atoms with Crippen molar-refractivity contribution >= 4 is 12.2 Å². The number of likely N-dealkylation sites (tertiary alicyclic amines) is 1. The summed E-state index contributed by atoms with van der Waals surface area (Å²) in [5, 5.41) is 0. The number of carbonyl (C=O) groups is 2. The molecule has 120 valence electrons. The van der Waals surface area contributed by atoms with Gasteiger partial charge < -0.3 is 20.1 Å². The van der Waals surface area contributed by atoms with Gasteiger partial charge in [0.25, 0.3) is 0 Å². The summed E-state index contributed by atoms with van der Waals surface area (Å²) in [6.45, 7) is 7.81. The summed E-state index contributed by atoms with van der Waals surface area (Å²) in [6, 6.07) is 0. The van der Waals surface area contributed by atoms with Gasteiger partial charge in [0, 0.05) is 32.6 Å². The summed E-state index contributed by atoms with van der Waals surface area (Å²) in [5.74, 6) is 0. The highest BCUT2D eigenvalue weighted by Gasteiger charge is 2.49. The van der Waals surface area contributed by atoms with Crippen molar-refractivity contribution in [2.75, 3.05) is 32.8 Å². The molecule has 2 amide bonds. The molecular weight excluding hydrogens is 274 g/mol. The minimum atomic E-state index is -0.519. The van der Waals surface area contributed by atoms with Gasteiger partial charge in [0.2, 0.25) is 0 Å². The second kappa shape index (κ2) is 5.71. The Balaban J connectivity index is 2.08. The zero-order valence-electron chi connectivity index (χ0n) is 13.1. The van der Waals surface area contributed by atoms with Gasteiger partial charge in [-0.2, -0.15) is 0 Å². The van der Waals surface area contributed by atoms with E-state index in [1.54, 1.807) is 9.80 Å². The number of amides is 2. The van der Waals surface area contributed by atoms with Crippen molar-refractivity contribution in [2.24, 2.45) is 5.73 Å². The standard InChI is InChI=1S/C14H25N3O4/c1-13(2,3)21-11(18)16-7-4-14(10-16)5-9-20-12(19)17(14)8-6-15/h4-10,15H2,1-3H3. The van der Waals surface area contributed by atoms with Crippen LogP contribution in [0.2, 0.25) is 0 Å². The van der Waals surface area contributed by atoms with Crippen LogP contribution in [0.5, 0.6) is 0 Å². The molecule has 2 rings (SSSR count). The van der Waals surface area contributed by atoms with Crippen molar-refractivity contribution in [3.05, 3.63) is 0 Å². The van der Waals surface area contributed by atoms with Gasteiger partial charge in [0.05, 0.1) is 12.1 Å². The van der Waals surface area contributed by atoms with E-state index in [9.17, 15) is 9.59 Å². The van der Waals surface area contributed by atoms with Crippen LogP contribution in [0.3, 0.4) is 0 Å². The summed E-state index contributed by atoms with van der Waals surface area (Å²) < 4.78 is 10.5. The highest BCUT2D eigenvalue weighted by Crippen LogP contribution is 2.35. The molecule has 0 aromatic rings. The topological polar surface area (TPSA) is 85.1 Å². The van der Waals surface area contributed by atoms with Crippen LogP contribution in [0, 0.1) is 0 Å². The lowest BCUT2D eigenvalue weighted by atomic mass is 9.91. The molecule has 0 aliphatic carbocycles. The smallest absolute Gasteiger partial charge is 0.410 e. The normalized spacial score (nSPS) is 26.2. The Labute approximate surface area is 125 Å². The number of carbonyl (C=O) groups excluding carboxylic acids is 2. The number of nitrogens with two attached hydrogens (primary N) is 1. The van der Waals surface area contributed by atoms with E-state index in [4.69, 9.17) is 15.2 Å². The molecule has 2 saturated heterocycles. The molecule has 7 nitrogen and oxygen atoms in total. The van der Waals surface area contributed by atoms with Gasteiger partial charge in [-0.05, 0) is 27.2 Å². The van der Waals surface area contributed by atoms with Gasteiger partial charge in [0.1, 0.15) is 5.60 Å². The Morgan fingerprint density at radius 3 is 2.76 bits per heavy atom. The molecule has 2 aliphatic rings. The number of nitrogens with zero attached hydrogens (tertiary/aromatic N) is 2. The largest absolute Gasteiger partial charge is 0.449 e. The molecule has 0 saturated carbocycles. The number of ether oxygens (including phenoxy) is 2. The molecule has 2 fully saturated rings. The van der Waals surface area contributed by atoms with Crippen molar-refractivity contribution in [1.29, 1.82) is 0 Å². The summed E-state index contributed by atoms with van der Waals surface area (Å²) in [4.78, 5) is 27.5. The van der Waals surface area contributed by atoms with E-state index in [-0.39, 0.29) is 17.7 Å². The van der Waals surface area contributed by atoms with Crippen molar-refractivity contribution < 1.29 is 19.1 Å². The Morgan fingerprint density at radius 2 is 2.14 bits per heavy atom. The van der Waals surface area contributed by atoms with E-state index >= 15 is 0 Å². The van der Waals surface area contributed by atoms with Crippen LogP contribution in [0.1, 0.15) is 33.6 Å². The van der Waals surface area contributed by atoms with Crippen molar-refractivity contribution in [1.82, 2.24) is 9.80 Å². The van der Waals surface area contributed by atoms with Crippen LogP contribution in [0.15, 0.2) is 0 Å². The Morgan fingerprint density at radius 1 is 1.43 bits per heavy atom. The Bertz CT molecular complexity index is 421. The fourth-order valence-electron chi connectivity index (χ4n) is 2.96. The lowest BCUT2D eigenvalue weighted by Gasteiger charge is -2.43. The van der Waals surface area contributed by atoms with Gasteiger partial charge in [-0.25, -0.2) is 9.59 Å². The SMILES string of the molecule is CC(C)(C)OC(=O)N1CCC2(CCOC(=O)N2CCN)C1. The molecule has 1 atom stereocenters. The molecule has 7 heteroatoms. The average molecular weight is 299 g/mol. The summed E-state index contributed by atoms with van der Waals surface area (Å²) in [5.41, 5.74) is 4.72. The van der Waals surface area contributed by atoms with E-state index in [1.165, 1.54) is 0 Å². The van der Waals surface area contributed by atoms with Gasteiger partial charge in [-0.15, -0.1) is 0 Å². The summed E-state index contributed by atoms with van der Waals surface area (Å²) in [7, 11) is 0. The van der Waals surface area contributed by atoms with Crippen LogP contribution in [0.25, 0.3) is 0 Å². The summed E-state index contributed by atoms with van der Waals surface area (Å²) in [6.07, 6.45) is 0.795. The first-order valence-electron chi connectivity index (χ1n) is 7.40. The van der Waals surface area contributed by atoms with E-state index in [0.29, 0.717) is 32.8 Å². The van der Waals surface area contributed by atoms with Crippen LogP contribution in [-0.2, 0) is 9.47 Å². The first kappa shape index (κ1) is 15.9. The zero-order chi connectivity index (χ0) is 15.7. The van der Waals surface area contributed by atoms with Crippen LogP contribution >= 0.6 is 0 Å². The van der Waals surface area contributed by atoms with Crippen LogP contribution in [-0.4, -0.2) is 65.9 Å². The zero-order valence-corrected chi connectivity index (χ0v) is 13.1. The molecule has 2 N–H and O–H groups in total. The monoisotopic (exact) mass is 299 g/mol. The fourth-order valence-corrected chi connectivity index (χ4v) is 2.96. The maximum absolute atomic E-state index is 12.2. The number of hydrogen-bond donors (Lipinski definition) is 1. The minimum absolute atomic E-state index is 0.328. The molecular formula is C14H25N3O4. The third kappa shape index (κ3) is 3.40. The number of cyclic esters (lactones) is 1. The quantitative estimate of drug-likeness (QED) is 0.827. The van der Waals surface area contributed by atoms with Gasteiger partial charge in [-0.3, -0.25) is 4.90 Å². The highest BCUT2D eigenvalue weighted by molar-refractivity contribution is 5.72. The van der Waals surface area contributed by atoms with Crippen LogP contribution in [0.4, 0.5) is 9.59 Å². The molecule has 1 spiro atoms. The van der Waals surface area contributed by atoms with Gasteiger partial charge >= 0.3 is 12.2 Å². The molecule has 2 heterocycles. The predicted octanol–water partition coefficient (Wildman–Crippen LogP) is 1.17. The lowest BCUT2D eigenvalue weighted by molar-refractivity contribution is -0.00506. The lowest BCUT2D eigenvalue weighted by Crippen LogP contribution is -2.59. The maximum atomic E-state index is 12.2. The van der Waals surface area contributed by atoms with Gasteiger partial charge in [-0.1, -0.05) is 0 Å². The van der Waals surface area contributed by atoms with E-state index in [2.05, 4.69) is 0 Å². The van der Waals surface area contributed by atoms with E-state index in [1.807, 2.05) is 20.8 Å². The number of hydrogen-bond acceptors (Lipinski definition) is 5. The molecule has 2 aliphatic heterocycles. The van der Waals surface area contributed by atoms with Crippen LogP contribution < -0.4 is 5.73 Å². The molecule has 0 radical (unpaired) electrons. The van der Waals surface area contributed by atoms with Crippen molar-refractivity contribution in [3.63, 3.8) is 0 Å². The first-order chi connectivity index (χ1) is 9.77. The maximum Gasteiger partial charge on any atom is 0.410 e.